The Balaban J connectivity index is 3.40. The van der Waals surface area contributed by atoms with Gasteiger partial charge in [0.1, 0.15) is 0 Å². The van der Waals surface area contributed by atoms with Crippen LogP contribution in [0.4, 0.5) is 8.78 Å². The van der Waals surface area contributed by atoms with E-state index in [1.165, 1.54) is 13.0 Å². The molecule has 0 amide bonds. The van der Waals surface area contributed by atoms with Gasteiger partial charge in [0, 0.05) is 0 Å². The first-order chi connectivity index (χ1) is 5.57. The van der Waals surface area contributed by atoms with Gasteiger partial charge in [-0.15, -0.1) is 0 Å². The summed E-state index contributed by atoms with van der Waals surface area (Å²) >= 11 is 1.32. The standard InChI is InChI=1S/C7H5F2I2O/c1-3-2-4(12)7(11-10)6(9)5(3)8/h2,12H,1H3/q-1. The molecule has 0 aliphatic rings. The van der Waals surface area contributed by atoms with E-state index in [0.717, 1.165) is 0 Å². The van der Waals surface area contributed by atoms with E-state index in [0.29, 0.717) is 0 Å². The van der Waals surface area contributed by atoms with Gasteiger partial charge in [-0.2, -0.15) is 0 Å². The molecule has 0 unspecified atom stereocenters. The average molecular weight is 397 g/mol. The fourth-order valence-electron chi connectivity index (χ4n) is 0.782. The molecule has 0 heterocycles. The predicted molar refractivity (Wildman–Crippen MR) is 45.5 cm³/mol. The van der Waals surface area contributed by atoms with Gasteiger partial charge in [-0.05, 0) is 0 Å². The molecule has 0 aliphatic heterocycles. The molecule has 0 aliphatic carbocycles. The SMILES string of the molecule is Cc1cc(O)c([I-]I)c(F)c1F. The van der Waals surface area contributed by atoms with E-state index in [1.807, 2.05) is 18.6 Å². The number of aryl methyl sites for hydroxylation is 1. The number of rotatable bonds is 1. The van der Waals surface area contributed by atoms with Crippen molar-refractivity contribution in [1.29, 1.82) is 0 Å². The van der Waals surface area contributed by atoms with Crippen LogP contribution in [0.5, 0.6) is 5.75 Å². The fraction of sp³-hybridized carbons (Fsp3) is 0.143. The van der Waals surface area contributed by atoms with Crippen LogP contribution < -0.4 is 17.2 Å². The Morgan fingerprint density at radius 1 is 1.42 bits per heavy atom. The van der Waals surface area contributed by atoms with Crippen molar-refractivity contribution in [2.24, 2.45) is 0 Å². The van der Waals surface area contributed by atoms with E-state index >= 15 is 0 Å². The molecule has 0 radical (unpaired) electrons. The van der Waals surface area contributed by atoms with Gasteiger partial charge in [-0.25, -0.2) is 0 Å². The first-order valence-electron chi connectivity index (χ1n) is 3.01. The Bertz CT molecular complexity index is 315. The van der Waals surface area contributed by atoms with Gasteiger partial charge in [-0.3, -0.25) is 0 Å². The van der Waals surface area contributed by atoms with E-state index in [4.69, 9.17) is 0 Å². The molecule has 12 heavy (non-hydrogen) atoms. The molecule has 0 saturated heterocycles. The maximum atomic E-state index is 13.0. The number of phenols is 1. The van der Waals surface area contributed by atoms with Crippen LogP contribution in [-0.2, 0) is 0 Å². The number of benzene rings is 1. The Hall–Kier alpha value is 0.340. The molecular weight excluding hydrogens is 392 g/mol. The molecule has 68 valence electrons. The summed E-state index contributed by atoms with van der Waals surface area (Å²) < 4.78 is 26.0. The van der Waals surface area contributed by atoms with Gasteiger partial charge in [0.15, 0.2) is 0 Å². The minimum atomic E-state index is -0.894. The molecule has 1 aromatic rings. The number of hydrogen-bond acceptors (Lipinski definition) is 1. The number of aromatic hydroxyl groups is 1. The molecule has 1 nitrogen and oxygen atoms in total. The third kappa shape index (κ3) is 1.81. The Labute approximate surface area is 88.6 Å². The molecule has 0 atom stereocenters. The zero-order valence-electron chi connectivity index (χ0n) is 6.04. The molecule has 0 aromatic heterocycles. The van der Waals surface area contributed by atoms with E-state index in [-0.39, 0.29) is 14.9 Å². The van der Waals surface area contributed by atoms with Gasteiger partial charge < -0.3 is 0 Å². The summed E-state index contributed by atoms with van der Waals surface area (Å²) in [6.45, 7) is 1.42. The van der Waals surface area contributed by atoms with Crippen LogP contribution in [0.3, 0.4) is 0 Å². The van der Waals surface area contributed by atoms with Crippen molar-refractivity contribution in [3.05, 3.63) is 26.8 Å². The summed E-state index contributed by atoms with van der Waals surface area (Å²) in [5.74, 6) is -1.87. The number of phenolic OH excluding ortho intramolecular Hbond substituents is 1. The number of hydrogen-bond donors (Lipinski definition) is 1. The van der Waals surface area contributed by atoms with Crippen molar-refractivity contribution in [2.45, 2.75) is 6.92 Å². The van der Waals surface area contributed by atoms with Gasteiger partial charge in [0.05, 0.1) is 0 Å². The third-order valence-corrected chi connectivity index (χ3v) is 5.55. The topological polar surface area (TPSA) is 20.2 Å². The first-order valence-corrected chi connectivity index (χ1v) is 10.4. The predicted octanol–water partition coefficient (Wildman–Crippen LogP) is -0.413. The van der Waals surface area contributed by atoms with Crippen LogP contribution in [-0.4, -0.2) is 5.11 Å². The summed E-state index contributed by atoms with van der Waals surface area (Å²) in [6.07, 6.45) is 0. The van der Waals surface area contributed by atoms with E-state index in [2.05, 4.69) is 0 Å². The van der Waals surface area contributed by atoms with Crippen molar-refractivity contribution in [1.82, 2.24) is 0 Å². The van der Waals surface area contributed by atoms with Crippen LogP contribution >= 0.6 is 18.6 Å². The van der Waals surface area contributed by atoms with E-state index < -0.39 is 28.9 Å². The van der Waals surface area contributed by atoms with E-state index in [9.17, 15) is 13.9 Å². The first kappa shape index (κ1) is 10.4. The van der Waals surface area contributed by atoms with Gasteiger partial charge in [0.25, 0.3) is 0 Å². The maximum absolute atomic E-state index is 13.0. The van der Waals surface area contributed by atoms with Crippen LogP contribution in [0, 0.1) is 22.1 Å². The fourth-order valence-corrected chi connectivity index (χ4v) is 4.16. The summed E-state index contributed by atoms with van der Waals surface area (Å²) in [7, 11) is 0. The van der Waals surface area contributed by atoms with Crippen LogP contribution in [0.15, 0.2) is 6.07 Å². The molecule has 1 rings (SSSR count). The molecular formula is C7H5F2I2O-. The Kier molecular flexibility index (Phi) is 3.50. The molecule has 0 spiro atoms. The van der Waals surface area contributed by atoms with Gasteiger partial charge in [-0.1, -0.05) is 0 Å². The van der Waals surface area contributed by atoms with Crippen molar-refractivity contribution in [3.63, 3.8) is 0 Å². The second-order valence-electron chi connectivity index (χ2n) is 2.23. The summed E-state index contributed by atoms with van der Waals surface area (Å²) in [5, 5.41) is 9.21. The number of halogens is 4. The Morgan fingerprint density at radius 3 is 2.50 bits per heavy atom. The molecule has 0 saturated carbocycles. The molecule has 1 aromatic carbocycles. The average Bonchev–Trinajstić information content (AvgIpc) is 2.01. The van der Waals surface area contributed by atoms with Gasteiger partial charge in [0.2, 0.25) is 0 Å². The normalized spacial score (nSPS) is 10.7. The summed E-state index contributed by atoms with van der Waals surface area (Å²) in [6, 6.07) is 1.26. The van der Waals surface area contributed by atoms with Gasteiger partial charge >= 0.3 is 89.2 Å². The monoisotopic (exact) mass is 397 g/mol. The van der Waals surface area contributed by atoms with Crippen molar-refractivity contribution >= 4 is 18.6 Å². The summed E-state index contributed by atoms with van der Waals surface area (Å²) in [5.41, 5.74) is 0.141. The quantitative estimate of drug-likeness (QED) is 0.505. The van der Waals surface area contributed by atoms with Crippen LogP contribution in [0.2, 0.25) is 0 Å². The third-order valence-electron chi connectivity index (χ3n) is 1.38. The molecule has 0 bridgehead atoms. The summed E-state index contributed by atoms with van der Waals surface area (Å²) in [4.78, 5) is 0. The zero-order valence-corrected chi connectivity index (χ0v) is 10.4. The van der Waals surface area contributed by atoms with Crippen LogP contribution in [0.25, 0.3) is 0 Å². The molecule has 1 N–H and O–H groups in total. The Morgan fingerprint density at radius 2 is 2.00 bits per heavy atom. The second-order valence-corrected chi connectivity index (χ2v) is 6.45. The molecule has 0 fully saturated rings. The second kappa shape index (κ2) is 4.03. The van der Waals surface area contributed by atoms with Crippen molar-refractivity contribution < 1.29 is 31.1 Å². The molecule has 5 heteroatoms. The van der Waals surface area contributed by atoms with E-state index in [1.54, 1.807) is 0 Å². The van der Waals surface area contributed by atoms with Crippen LogP contribution in [0.1, 0.15) is 5.56 Å². The zero-order chi connectivity index (χ0) is 9.30. The van der Waals surface area contributed by atoms with Crippen molar-refractivity contribution in [3.8, 4) is 5.75 Å². The van der Waals surface area contributed by atoms with Crippen molar-refractivity contribution in [2.75, 3.05) is 0 Å². The minimum absolute atomic E-state index is 0.131.